The molecule has 0 aromatic heterocycles. The van der Waals surface area contributed by atoms with E-state index in [0.29, 0.717) is 18.2 Å². The van der Waals surface area contributed by atoms with Crippen molar-refractivity contribution >= 4 is 23.8 Å². The van der Waals surface area contributed by atoms with E-state index in [0.717, 1.165) is 11.3 Å². The molecular weight excluding hydrogens is 386 g/mol. The van der Waals surface area contributed by atoms with Crippen LogP contribution in [0, 0.1) is 5.92 Å². The quantitative estimate of drug-likeness (QED) is 0.375. The number of alkyl carbamates (subject to hydrolysis) is 1. The standard InChI is InChI=1S/C22H35N3O3S/c1-22(2,3)28-21(27)24-19(16-29-15-18-12-8-5-9-13-18)20(26)25(23)14-17-10-6-4-7-11-17/h4,6-7,10-11,18-19H,5,8-9,12-16,23H2,1-3H3,(H,24,27). The number of ether oxygens (including phenoxy) is 1. The fraction of sp³-hybridized carbons (Fsp3) is 0.636. The molecule has 1 aromatic rings. The number of rotatable bonds is 8. The SMILES string of the molecule is CC(C)(C)OC(=O)NC(CSCC1CCCCC1)C(=O)N(N)Cc1ccccc1. The zero-order chi connectivity index (χ0) is 21.3. The van der Waals surface area contributed by atoms with Crippen molar-refractivity contribution in [3.63, 3.8) is 0 Å². The highest BCUT2D eigenvalue weighted by atomic mass is 32.2. The topological polar surface area (TPSA) is 84.7 Å². The minimum atomic E-state index is -0.716. The van der Waals surface area contributed by atoms with E-state index in [2.05, 4.69) is 5.32 Å². The van der Waals surface area contributed by atoms with Gasteiger partial charge in [0.05, 0.1) is 6.54 Å². The number of carbonyl (C=O) groups is 2. The Morgan fingerprint density at radius 1 is 1.21 bits per heavy atom. The number of carbonyl (C=O) groups excluding carboxylic acids is 2. The van der Waals surface area contributed by atoms with Crippen LogP contribution in [0.4, 0.5) is 4.79 Å². The molecule has 0 heterocycles. The van der Waals surface area contributed by atoms with E-state index in [9.17, 15) is 9.59 Å². The molecule has 0 aliphatic heterocycles. The van der Waals surface area contributed by atoms with Gasteiger partial charge in [-0.3, -0.25) is 9.80 Å². The highest BCUT2D eigenvalue weighted by molar-refractivity contribution is 7.99. The summed E-state index contributed by atoms with van der Waals surface area (Å²) in [4.78, 5) is 25.2. The van der Waals surface area contributed by atoms with E-state index in [1.165, 1.54) is 37.1 Å². The number of nitrogens with one attached hydrogen (secondary N) is 1. The highest BCUT2D eigenvalue weighted by Gasteiger charge is 2.27. The molecule has 0 radical (unpaired) electrons. The van der Waals surface area contributed by atoms with Crippen molar-refractivity contribution in [2.24, 2.45) is 11.8 Å². The largest absolute Gasteiger partial charge is 0.444 e. The third kappa shape index (κ3) is 9.09. The molecule has 1 aromatic carbocycles. The van der Waals surface area contributed by atoms with Crippen molar-refractivity contribution in [1.82, 2.24) is 10.3 Å². The number of amides is 2. The summed E-state index contributed by atoms with van der Waals surface area (Å²) in [6.07, 6.45) is 5.81. The summed E-state index contributed by atoms with van der Waals surface area (Å²) in [5.41, 5.74) is 0.313. The third-order valence-electron chi connectivity index (χ3n) is 4.83. The molecule has 6 nitrogen and oxygen atoms in total. The summed E-state index contributed by atoms with van der Waals surface area (Å²) >= 11 is 1.71. The molecule has 1 atom stereocenters. The van der Waals surface area contributed by atoms with Crippen molar-refractivity contribution in [3.8, 4) is 0 Å². The lowest BCUT2D eigenvalue weighted by atomic mass is 9.91. The summed E-state index contributed by atoms with van der Waals surface area (Å²) in [6, 6.07) is 8.85. The van der Waals surface area contributed by atoms with E-state index in [4.69, 9.17) is 10.6 Å². The van der Waals surface area contributed by atoms with Gasteiger partial charge < -0.3 is 10.1 Å². The zero-order valence-corrected chi connectivity index (χ0v) is 18.7. The second kappa shape index (κ2) is 11.5. The lowest BCUT2D eigenvalue weighted by Gasteiger charge is -2.27. The van der Waals surface area contributed by atoms with Crippen molar-refractivity contribution in [2.45, 2.75) is 71.1 Å². The molecule has 1 aliphatic carbocycles. The predicted molar refractivity (Wildman–Crippen MR) is 118 cm³/mol. The second-order valence-corrected chi connectivity index (χ2v) is 9.77. The number of hydrogen-bond acceptors (Lipinski definition) is 5. The number of thioether (sulfide) groups is 1. The Balaban J connectivity index is 1.95. The van der Waals surface area contributed by atoms with Crippen molar-refractivity contribution in [3.05, 3.63) is 35.9 Å². The predicted octanol–water partition coefficient (Wildman–Crippen LogP) is 4.10. The maximum atomic E-state index is 12.9. The number of hydrazine groups is 1. The van der Waals surface area contributed by atoms with Crippen molar-refractivity contribution in [1.29, 1.82) is 0 Å². The molecule has 1 unspecified atom stereocenters. The van der Waals surface area contributed by atoms with Gasteiger partial charge in [-0.05, 0) is 50.8 Å². The number of nitrogens with zero attached hydrogens (tertiary/aromatic N) is 1. The summed E-state index contributed by atoms with van der Waals surface area (Å²) in [6.45, 7) is 5.68. The first kappa shape index (κ1) is 23.5. The Morgan fingerprint density at radius 3 is 2.48 bits per heavy atom. The van der Waals surface area contributed by atoms with E-state index in [-0.39, 0.29) is 5.91 Å². The summed E-state index contributed by atoms with van der Waals surface area (Å²) in [5, 5.41) is 3.90. The molecule has 1 aliphatic rings. The fourth-order valence-electron chi connectivity index (χ4n) is 3.39. The number of hydrogen-bond donors (Lipinski definition) is 2. The summed E-state index contributed by atoms with van der Waals surface area (Å²) < 4.78 is 5.34. The fourth-order valence-corrected chi connectivity index (χ4v) is 4.65. The number of nitrogens with two attached hydrogens (primary N) is 1. The first-order chi connectivity index (χ1) is 13.7. The van der Waals surface area contributed by atoms with E-state index in [1.54, 1.807) is 32.5 Å². The molecule has 1 saturated carbocycles. The maximum Gasteiger partial charge on any atom is 0.408 e. The third-order valence-corrected chi connectivity index (χ3v) is 6.11. The van der Waals surface area contributed by atoms with Gasteiger partial charge in [0.15, 0.2) is 0 Å². The molecule has 0 bridgehead atoms. The minimum absolute atomic E-state index is 0.291. The average Bonchev–Trinajstić information content (AvgIpc) is 2.67. The Kier molecular flexibility index (Phi) is 9.30. The normalized spacial score (nSPS) is 16.1. The minimum Gasteiger partial charge on any atom is -0.444 e. The number of benzene rings is 1. The van der Waals surface area contributed by atoms with Crippen LogP contribution < -0.4 is 11.2 Å². The van der Waals surface area contributed by atoms with Gasteiger partial charge in [-0.2, -0.15) is 11.8 Å². The molecule has 2 amide bonds. The molecule has 2 rings (SSSR count). The Bertz CT molecular complexity index is 642. The van der Waals surface area contributed by atoms with Crippen LogP contribution in [0.15, 0.2) is 30.3 Å². The van der Waals surface area contributed by atoms with Crippen LogP contribution in [0.3, 0.4) is 0 Å². The highest BCUT2D eigenvalue weighted by Crippen LogP contribution is 2.27. The van der Waals surface area contributed by atoms with E-state index in [1.807, 2.05) is 30.3 Å². The second-order valence-electron chi connectivity index (χ2n) is 8.69. The first-order valence-electron chi connectivity index (χ1n) is 10.4. The van der Waals surface area contributed by atoms with Gasteiger partial charge in [0.25, 0.3) is 5.91 Å². The van der Waals surface area contributed by atoms with Gasteiger partial charge in [-0.25, -0.2) is 10.6 Å². The van der Waals surface area contributed by atoms with Crippen molar-refractivity contribution < 1.29 is 14.3 Å². The van der Waals surface area contributed by atoms with Gasteiger partial charge in [-0.15, -0.1) is 0 Å². The molecule has 7 heteroatoms. The maximum absolute atomic E-state index is 12.9. The van der Waals surface area contributed by atoms with Crippen LogP contribution in [0.2, 0.25) is 0 Å². The van der Waals surface area contributed by atoms with Crippen LogP contribution in [0.25, 0.3) is 0 Å². The summed E-state index contributed by atoms with van der Waals surface area (Å²) in [7, 11) is 0. The van der Waals surface area contributed by atoms with Gasteiger partial charge in [0.2, 0.25) is 0 Å². The van der Waals surface area contributed by atoms with Gasteiger partial charge in [0.1, 0.15) is 11.6 Å². The van der Waals surface area contributed by atoms with E-state index >= 15 is 0 Å². The molecule has 3 N–H and O–H groups in total. The Morgan fingerprint density at radius 2 is 1.86 bits per heavy atom. The molecule has 162 valence electrons. The lowest BCUT2D eigenvalue weighted by Crippen LogP contribution is -2.53. The molecule has 0 saturated heterocycles. The van der Waals surface area contributed by atoms with E-state index < -0.39 is 17.7 Å². The van der Waals surface area contributed by atoms with Crippen LogP contribution in [0.5, 0.6) is 0 Å². The Hall–Kier alpha value is -1.73. The molecule has 1 fully saturated rings. The molecule has 0 spiro atoms. The van der Waals surface area contributed by atoms with Crippen LogP contribution in [0.1, 0.15) is 58.4 Å². The van der Waals surface area contributed by atoms with Crippen LogP contribution >= 0.6 is 11.8 Å². The summed E-state index contributed by atoms with van der Waals surface area (Å²) in [5.74, 6) is 7.93. The van der Waals surface area contributed by atoms with Gasteiger partial charge in [-0.1, -0.05) is 49.6 Å². The van der Waals surface area contributed by atoms with Crippen LogP contribution in [-0.4, -0.2) is 40.2 Å². The van der Waals surface area contributed by atoms with Crippen LogP contribution in [-0.2, 0) is 16.1 Å². The monoisotopic (exact) mass is 421 g/mol. The first-order valence-corrected chi connectivity index (χ1v) is 11.6. The van der Waals surface area contributed by atoms with Gasteiger partial charge >= 0.3 is 6.09 Å². The average molecular weight is 422 g/mol. The van der Waals surface area contributed by atoms with Crippen molar-refractivity contribution in [2.75, 3.05) is 11.5 Å². The molecular formula is C22H35N3O3S. The smallest absolute Gasteiger partial charge is 0.408 e. The Labute approximate surface area is 178 Å². The lowest BCUT2D eigenvalue weighted by molar-refractivity contribution is -0.133. The zero-order valence-electron chi connectivity index (χ0n) is 17.9. The van der Waals surface area contributed by atoms with Gasteiger partial charge in [0, 0.05) is 5.75 Å². The molecule has 29 heavy (non-hydrogen) atoms.